The Labute approximate surface area is 208 Å². The molecule has 1 aliphatic rings. The van der Waals surface area contributed by atoms with Crippen LogP contribution in [0.25, 0.3) is 11.4 Å². The van der Waals surface area contributed by atoms with E-state index in [-0.39, 0.29) is 34.7 Å². The molecule has 3 heterocycles. The molecule has 2 N–H and O–H groups in total. The molecule has 0 fully saturated rings. The van der Waals surface area contributed by atoms with Crippen LogP contribution in [0, 0.1) is 6.92 Å². The number of aromatic hydroxyl groups is 1. The largest absolute Gasteiger partial charge is 0.506 e. The summed E-state index contributed by atoms with van der Waals surface area (Å²) in [7, 11) is -2.59. The average Bonchev–Trinajstić information content (AvgIpc) is 3.25. The molecular formula is C24H25N7O4S. The number of aryl methyl sites for hydroxylation is 1. The smallest absolute Gasteiger partial charge is 0.243 e. The molecule has 0 aliphatic carbocycles. The van der Waals surface area contributed by atoms with Gasteiger partial charge in [-0.05, 0) is 44.2 Å². The van der Waals surface area contributed by atoms with Crippen LogP contribution in [0.3, 0.4) is 0 Å². The van der Waals surface area contributed by atoms with Crippen molar-refractivity contribution in [3.63, 3.8) is 0 Å². The predicted octanol–water partition coefficient (Wildman–Crippen LogP) is 3.14. The minimum absolute atomic E-state index is 0.134. The van der Waals surface area contributed by atoms with Gasteiger partial charge in [0, 0.05) is 30.1 Å². The molecule has 1 aliphatic heterocycles. The predicted molar refractivity (Wildman–Crippen MR) is 135 cm³/mol. The van der Waals surface area contributed by atoms with E-state index in [0.29, 0.717) is 11.5 Å². The summed E-state index contributed by atoms with van der Waals surface area (Å²) in [6, 6.07) is 4.66. The SMILES string of the molecule is COc1cccc(O)c1-n1c(NS(=O)(=O)[C@@H](C)[C@H](C)c2ncc(C)cn2)nnc1C1=C=C=CC(C)=N1. The van der Waals surface area contributed by atoms with Crippen molar-refractivity contribution in [3.05, 3.63) is 65.3 Å². The van der Waals surface area contributed by atoms with Crippen LogP contribution in [0.15, 0.2) is 53.1 Å². The van der Waals surface area contributed by atoms with Crippen molar-refractivity contribution in [1.82, 2.24) is 24.7 Å². The van der Waals surface area contributed by atoms with Crippen molar-refractivity contribution in [2.24, 2.45) is 4.99 Å². The van der Waals surface area contributed by atoms with Crippen LogP contribution in [0.1, 0.15) is 43.9 Å². The monoisotopic (exact) mass is 507 g/mol. The molecule has 12 heteroatoms. The highest BCUT2D eigenvalue weighted by Gasteiger charge is 2.32. The standard InChI is InChI=1S/C24H25N7O4S/c1-14-12-25-22(26-13-14)16(3)17(4)36(33,34)30-24-29-28-23(18-9-6-8-15(2)27-18)31(24)21-19(32)10-7-11-20(21)35-5/h7-8,10-13,16-17,32H,1-5H3,(H,29,30)/t16-,17-/m0/s1. The maximum Gasteiger partial charge on any atom is 0.243 e. The molecule has 0 bridgehead atoms. The number of para-hydroxylation sites is 1. The Hall–Kier alpha value is -4.24. The molecule has 2 atom stereocenters. The van der Waals surface area contributed by atoms with E-state index in [1.54, 1.807) is 51.4 Å². The second-order valence-electron chi connectivity index (χ2n) is 8.29. The van der Waals surface area contributed by atoms with E-state index in [1.807, 2.05) is 6.92 Å². The molecule has 1 aromatic carbocycles. The van der Waals surface area contributed by atoms with E-state index in [0.717, 1.165) is 5.56 Å². The second kappa shape index (κ2) is 9.79. The summed E-state index contributed by atoms with van der Waals surface area (Å²) in [6.07, 6.45) is 4.92. The van der Waals surface area contributed by atoms with E-state index >= 15 is 0 Å². The number of ether oxygens (including phenoxy) is 1. The Morgan fingerprint density at radius 3 is 2.53 bits per heavy atom. The fourth-order valence-corrected chi connectivity index (χ4v) is 4.74. The average molecular weight is 508 g/mol. The van der Waals surface area contributed by atoms with Gasteiger partial charge in [-0.25, -0.2) is 23.4 Å². The molecule has 4 rings (SSSR count). The van der Waals surface area contributed by atoms with Crippen molar-refractivity contribution >= 4 is 27.4 Å². The molecule has 36 heavy (non-hydrogen) atoms. The summed E-state index contributed by atoms with van der Waals surface area (Å²) in [5.74, 6) is -0.0676. The van der Waals surface area contributed by atoms with Gasteiger partial charge >= 0.3 is 0 Å². The fourth-order valence-electron chi connectivity index (χ4n) is 3.50. The maximum atomic E-state index is 13.4. The van der Waals surface area contributed by atoms with Crippen LogP contribution < -0.4 is 9.46 Å². The maximum absolute atomic E-state index is 13.4. The Morgan fingerprint density at radius 1 is 1.14 bits per heavy atom. The van der Waals surface area contributed by atoms with Crippen LogP contribution in [-0.4, -0.2) is 56.3 Å². The third-order valence-corrected chi connectivity index (χ3v) is 7.55. The first-order valence-electron chi connectivity index (χ1n) is 11.0. The van der Waals surface area contributed by atoms with Gasteiger partial charge in [0.25, 0.3) is 0 Å². The minimum atomic E-state index is -4.02. The van der Waals surface area contributed by atoms with Gasteiger partial charge in [0.15, 0.2) is 11.5 Å². The fraction of sp³-hybridized carbons (Fsp3) is 0.292. The van der Waals surface area contributed by atoms with Crippen LogP contribution >= 0.6 is 0 Å². The minimum Gasteiger partial charge on any atom is -0.506 e. The summed E-state index contributed by atoms with van der Waals surface area (Å²) in [5, 5.41) is 18.0. The number of aromatic nitrogens is 5. The van der Waals surface area contributed by atoms with Crippen LogP contribution in [0.4, 0.5) is 5.95 Å². The third-order valence-electron chi connectivity index (χ3n) is 5.69. The quantitative estimate of drug-likeness (QED) is 0.443. The zero-order chi connectivity index (χ0) is 26.0. The lowest BCUT2D eigenvalue weighted by Gasteiger charge is -2.21. The third kappa shape index (κ3) is 4.78. The normalized spacial score (nSPS) is 14.7. The number of rotatable bonds is 8. The first kappa shape index (κ1) is 24.9. The van der Waals surface area contributed by atoms with E-state index in [9.17, 15) is 13.5 Å². The molecule has 0 radical (unpaired) electrons. The van der Waals surface area contributed by atoms with Gasteiger partial charge in [-0.1, -0.05) is 18.7 Å². The number of aliphatic imine (C=N–C) groups is 1. The summed E-state index contributed by atoms with van der Waals surface area (Å²) in [5.41, 5.74) is 7.62. The van der Waals surface area contributed by atoms with Gasteiger partial charge in [0.2, 0.25) is 16.0 Å². The molecular weight excluding hydrogens is 482 g/mol. The lowest BCUT2D eigenvalue weighted by Crippen LogP contribution is -2.31. The number of hydrogen-bond donors (Lipinski definition) is 2. The van der Waals surface area contributed by atoms with Gasteiger partial charge in [0.05, 0.1) is 12.4 Å². The van der Waals surface area contributed by atoms with Gasteiger partial charge in [-0.3, -0.25) is 9.29 Å². The molecule has 3 aromatic rings. The van der Waals surface area contributed by atoms with E-state index in [2.05, 4.69) is 41.3 Å². The second-order valence-corrected chi connectivity index (χ2v) is 10.3. The Kier molecular flexibility index (Phi) is 6.76. The highest BCUT2D eigenvalue weighted by molar-refractivity contribution is 7.93. The number of hydrogen-bond acceptors (Lipinski definition) is 9. The topological polar surface area (TPSA) is 144 Å². The van der Waals surface area contributed by atoms with Gasteiger partial charge in [-0.15, -0.1) is 10.2 Å². The summed E-state index contributed by atoms with van der Waals surface area (Å²) in [4.78, 5) is 12.9. The number of sulfonamides is 1. The van der Waals surface area contributed by atoms with Gasteiger partial charge in [0.1, 0.15) is 23.0 Å². The van der Waals surface area contributed by atoms with Gasteiger partial charge in [-0.2, -0.15) is 0 Å². The van der Waals surface area contributed by atoms with Crippen molar-refractivity contribution in [1.29, 1.82) is 0 Å². The molecule has 0 saturated heterocycles. The van der Waals surface area contributed by atoms with E-state index in [4.69, 9.17) is 4.74 Å². The summed E-state index contributed by atoms with van der Waals surface area (Å²) >= 11 is 0. The number of methoxy groups -OCH3 is 1. The van der Waals surface area contributed by atoms with Crippen molar-refractivity contribution < 1.29 is 18.3 Å². The zero-order valence-electron chi connectivity index (χ0n) is 20.4. The molecule has 0 saturated carbocycles. The van der Waals surface area contributed by atoms with Crippen molar-refractivity contribution in [2.45, 2.75) is 38.9 Å². The van der Waals surface area contributed by atoms with Crippen molar-refractivity contribution in [2.75, 3.05) is 11.8 Å². The first-order chi connectivity index (χ1) is 17.1. The van der Waals surface area contributed by atoms with Crippen LogP contribution in [-0.2, 0) is 10.0 Å². The van der Waals surface area contributed by atoms with Crippen molar-refractivity contribution in [3.8, 4) is 17.2 Å². The van der Waals surface area contributed by atoms with Crippen LogP contribution in [0.2, 0.25) is 0 Å². The summed E-state index contributed by atoms with van der Waals surface area (Å²) < 4.78 is 36.1. The highest BCUT2D eigenvalue weighted by atomic mass is 32.2. The highest BCUT2D eigenvalue weighted by Crippen LogP contribution is 2.36. The van der Waals surface area contributed by atoms with E-state index in [1.165, 1.54) is 17.7 Å². The number of anilines is 1. The number of nitrogens with zero attached hydrogens (tertiary/aromatic N) is 6. The summed E-state index contributed by atoms with van der Waals surface area (Å²) in [6.45, 7) is 6.92. The molecule has 0 spiro atoms. The Morgan fingerprint density at radius 2 is 1.86 bits per heavy atom. The lowest BCUT2D eigenvalue weighted by atomic mass is 10.1. The number of phenols is 1. The van der Waals surface area contributed by atoms with E-state index < -0.39 is 21.2 Å². The molecule has 2 aromatic heterocycles. The number of allylic oxidation sites excluding steroid dienone is 1. The number of phenolic OH excluding ortho intramolecular Hbond substituents is 1. The molecule has 186 valence electrons. The lowest BCUT2D eigenvalue weighted by molar-refractivity contribution is 0.404. The van der Waals surface area contributed by atoms with Gasteiger partial charge < -0.3 is 9.84 Å². The number of nitrogens with one attached hydrogen (secondary N) is 1. The Bertz CT molecular complexity index is 1550. The molecule has 0 unspecified atom stereocenters. The molecule has 0 amide bonds. The molecule has 11 nitrogen and oxygen atoms in total. The Balaban J connectivity index is 1.82. The zero-order valence-corrected chi connectivity index (χ0v) is 21.2. The number of benzene rings is 1. The van der Waals surface area contributed by atoms with Crippen LogP contribution in [0.5, 0.6) is 11.5 Å². The first-order valence-corrected chi connectivity index (χ1v) is 12.6.